The molecular weight excluding hydrogens is 316 g/mol. The monoisotopic (exact) mass is 326 g/mol. The number of hydrogen-bond donors (Lipinski definition) is 4. The number of anilines is 1. The number of rotatable bonds is 3. The Hall–Kier alpha value is -2.29. The van der Waals surface area contributed by atoms with Crippen LogP contribution in [0.3, 0.4) is 0 Å². The highest BCUT2D eigenvalue weighted by Gasteiger charge is 2.06. The zero-order valence-electron chi connectivity index (χ0n) is 9.87. The summed E-state index contributed by atoms with van der Waals surface area (Å²) >= 11 is 3.14. The summed E-state index contributed by atoms with van der Waals surface area (Å²) in [4.78, 5) is 0. The molecule has 0 amide bonds. The Morgan fingerprint density at radius 1 is 1.37 bits per heavy atom. The van der Waals surface area contributed by atoms with Crippen molar-refractivity contribution in [2.75, 3.05) is 11.3 Å². The topological polar surface area (TPSA) is 122 Å². The number of phenols is 2. The first-order chi connectivity index (χ1) is 8.99. The maximum absolute atomic E-state index is 9.61. The van der Waals surface area contributed by atoms with Crippen LogP contribution in [-0.4, -0.2) is 31.3 Å². The average molecular weight is 327 g/mol. The second-order valence-corrected chi connectivity index (χ2v) is 4.53. The first-order valence-corrected chi connectivity index (χ1v) is 5.96. The van der Waals surface area contributed by atoms with E-state index in [2.05, 4.69) is 36.7 Å². The molecule has 19 heavy (non-hydrogen) atoms. The highest BCUT2D eigenvalue weighted by Crippen LogP contribution is 2.30. The Labute approximate surface area is 116 Å². The average Bonchev–Trinajstić information content (AvgIpc) is 2.67. The molecule has 8 nitrogen and oxygen atoms in total. The van der Waals surface area contributed by atoms with Crippen molar-refractivity contribution < 1.29 is 10.2 Å². The van der Waals surface area contributed by atoms with E-state index in [9.17, 15) is 10.2 Å². The second kappa shape index (κ2) is 5.14. The highest BCUT2D eigenvalue weighted by molar-refractivity contribution is 9.10. The molecule has 1 aromatic heterocycles. The minimum atomic E-state index is -0.100. The van der Waals surface area contributed by atoms with Crippen LogP contribution in [0.1, 0.15) is 11.4 Å². The number of aryl methyl sites for hydroxylation is 1. The standard InChI is InChI=1S/C10H11BrN6O2/c1-5-14-16-10(17(5)12)15-13-4-6-2-7(11)9(19)3-8(6)18/h2-4,18-19H,12H2,1H3,(H,15,16)/b13-4+. The number of phenolic OH excluding ortho intramolecular Hbond substituents is 2. The quantitative estimate of drug-likeness (QED) is 0.378. The number of nitrogens with one attached hydrogen (secondary N) is 1. The highest BCUT2D eigenvalue weighted by atomic mass is 79.9. The van der Waals surface area contributed by atoms with E-state index in [1.54, 1.807) is 6.92 Å². The molecule has 0 spiro atoms. The molecule has 0 saturated heterocycles. The molecule has 1 heterocycles. The number of nitrogen functional groups attached to an aromatic ring is 1. The van der Waals surface area contributed by atoms with Gasteiger partial charge in [0.2, 0.25) is 0 Å². The predicted molar refractivity (Wildman–Crippen MR) is 73.6 cm³/mol. The van der Waals surface area contributed by atoms with Gasteiger partial charge in [-0.3, -0.25) is 0 Å². The van der Waals surface area contributed by atoms with E-state index in [1.165, 1.54) is 23.0 Å². The number of aromatic nitrogens is 3. The summed E-state index contributed by atoms with van der Waals surface area (Å²) in [6.45, 7) is 1.70. The van der Waals surface area contributed by atoms with Gasteiger partial charge in [0, 0.05) is 11.6 Å². The van der Waals surface area contributed by atoms with Crippen molar-refractivity contribution >= 4 is 28.1 Å². The summed E-state index contributed by atoms with van der Waals surface area (Å²) in [7, 11) is 0. The maximum atomic E-state index is 9.61. The van der Waals surface area contributed by atoms with Crippen LogP contribution in [0.4, 0.5) is 5.95 Å². The largest absolute Gasteiger partial charge is 0.507 e. The molecule has 0 radical (unpaired) electrons. The smallest absolute Gasteiger partial charge is 0.263 e. The SMILES string of the molecule is Cc1nnc(N/N=C/c2cc(Br)c(O)cc2O)n1N. The third-order valence-corrected chi connectivity index (χ3v) is 2.97. The van der Waals surface area contributed by atoms with Crippen molar-refractivity contribution in [3.05, 3.63) is 28.0 Å². The van der Waals surface area contributed by atoms with Gasteiger partial charge in [-0.1, -0.05) is 0 Å². The Morgan fingerprint density at radius 2 is 2.11 bits per heavy atom. The van der Waals surface area contributed by atoms with Gasteiger partial charge >= 0.3 is 0 Å². The van der Waals surface area contributed by atoms with E-state index in [0.29, 0.717) is 15.9 Å². The lowest BCUT2D eigenvalue weighted by Crippen LogP contribution is -2.13. The summed E-state index contributed by atoms with van der Waals surface area (Å²) in [5.41, 5.74) is 3.00. The van der Waals surface area contributed by atoms with E-state index >= 15 is 0 Å². The molecule has 0 atom stereocenters. The number of halogens is 1. The van der Waals surface area contributed by atoms with Crippen molar-refractivity contribution in [2.24, 2.45) is 5.10 Å². The summed E-state index contributed by atoms with van der Waals surface area (Å²) in [6.07, 6.45) is 1.36. The minimum absolute atomic E-state index is 0.0556. The van der Waals surface area contributed by atoms with Crippen LogP contribution < -0.4 is 11.3 Å². The third-order valence-electron chi connectivity index (χ3n) is 2.33. The van der Waals surface area contributed by atoms with Crippen molar-refractivity contribution in [3.63, 3.8) is 0 Å². The van der Waals surface area contributed by atoms with Gasteiger partial charge in [0.15, 0.2) is 5.82 Å². The molecule has 0 fully saturated rings. The van der Waals surface area contributed by atoms with Crippen molar-refractivity contribution in [3.8, 4) is 11.5 Å². The molecule has 2 aromatic rings. The zero-order valence-corrected chi connectivity index (χ0v) is 11.5. The van der Waals surface area contributed by atoms with Gasteiger partial charge in [-0.25, -0.2) is 10.1 Å². The van der Waals surface area contributed by atoms with Gasteiger partial charge < -0.3 is 16.1 Å². The molecule has 0 unspecified atom stereocenters. The molecule has 9 heteroatoms. The van der Waals surface area contributed by atoms with Crippen LogP contribution in [0.5, 0.6) is 11.5 Å². The molecule has 5 N–H and O–H groups in total. The van der Waals surface area contributed by atoms with E-state index in [0.717, 1.165) is 0 Å². The number of hydrogen-bond acceptors (Lipinski definition) is 7. The lowest BCUT2D eigenvalue weighted by atomic mass is 10.2. The molecule has 1 aromatic carbocycles. The van der Waals surface area contributed by atoms with Crippen LogP contribution in [0.2, 0.25) is 0 Å². The van der Waals surface area contributed by atoms with Crippen LogP contribution in [0, 0.1) is 6.92 Å². The van der Waals surface area contributed by atoms with Crippen molar-refractivity contribution in [2.45, 2.75) is 6.92 Å². The normalized spacial score (nSPS) is 11.1. The number of aromatic hydroxyl groups is 2. The van der Waals surface area contributed by atoms with Crippen LogP contribution in [0.25, 0.3) is 0 Å². The molecule has 0 aliphatic rings. The second-order valence-electron chi connectivity index (χ2n) is 3.67. The fourth-order valence-electron chi connectivity index (χ4n) is 1.27. The van der Waals surface area contributed by atoms with Crippen LogP contribution in [-0.2, 0) is 0 Å². The van der Waals surface area contributed by atoms with Crippen molar-refractivity contribution in [1.29, 1.82) is 0 Å². The van der Waals surface area contributed by atoms with E-state index in [1.807, 2.05) is 0 Å². The van der Waals surface area contributed by atoms with Gasteiger partial charge in [-0.15, -0.1) is 10.2 Å². The van der Waals surface area contributed by atoms with Crippen LogP contribution in [0.15, 0.2) is 21.7 Å². The molecule has 0 aliphatic carbocycles. The lowest BCUT2D eigenvalue weighted by Gasteiger charge is -2.03. The fraction of sp³-hybridized carbons (Fsp3) is 0.100. The summed E-state index contributed by atoms with van der Waals surface area (Å²) in [6, 6.07) is 2.73. The Kier molecular flexibility index (Phi) is 3.56. The number of nitrogens with zero attached hydrogens (tertiary/aromatic N) is 4. The van der Waals surface area contributed by atoms with Gasteiger partial charge in [0.1, 0.15) is 11.5 Å². The third kappa shape index (κ3) is 2.76. The van der Waals surface area contributed by atoms with Gasteiger partial charge in [-0.05, 0) is 28.9 Å². The molecule has 0 aliphatic heterocycles. The Balaban J connectivity index is 2.15. The molecule has 2 rings (SSSR count). The number of benzene rings is 1. The number of nitrogens with two attached hydrogens (primary N) is 1. The van der Waals surface area contributed by atoms with Gasteiger partial charge in [-0.2, -0.15) is 5.10 Å². The van der Waals surface area contributed by atoms with E-state index in [-0.39, 0.29) is 17.4 Å². The first-order valence-electron chi connectivity index (χ1n) is 5.16. The molecule has 0 saturated carbocycles. The van der Waals surface area contributed by atoms with Gasteiger partial charge in [0.25, 0.3) is 5.95 Å². The molecular formula is C10H11BrN6O2. The predicted octanol–water partition coefficient (Wildman–Crippen LogP) is 0.920. The van der Waals surface area contributed by atoms with E-state index < -0.39 is 0 Å². The summed E-state index contributed by atoms with van der Waals surface area (Å²) in [5, 5.41) is 30.4. The fourth-order valence-corrected chi connectivity index (χ4v) is 1.64. The minimum Gasteiger partial charge on any atom is -0.507 e. The maximum Gasteiger partial charge on any atom is 0.263 e. The van der Waals surface area contributed by atoms with E-state index in [4.69, 9.17) is 5.84 Å². The molecule has 0 bridgehead atoms. The first kappa shape index (κ1) is 13.1. The Morgan fingerprint density at radius 3 is 2.74 bits per heavy atom. The summed E-state index contributed by atoms with van der Waals surface area (Å²) in [5.74, 6) is 6.27. The van der Waals surface area contributed by atoms with Gasteiger partial charge in [0.05, 0.1) is 10.7 Å². The summed E-state index contributed by atoms with van der Waals surface area (Å²) < 4.78 is 1.69. The lowest BCUT2D eigenvalue weighted by molar-refractivity contribution is 0.448. The van der Waals surface area contributed by atoms with Crippen LogP contribution >= 0.6 is 15.9 Å². The van der Waals surface area contributed by atoms with Crippen molar-refractivity contribution in [1.82, 2.24) is 14.9 Å². The number of hydrazone groups is 1. The molecule has 100 valence electrons. The Bertz CT molecular complexity index is 639. The zero-order chi connectivity index (χ0) is 14.0.